The van der Waals surface area contributed by atoms with Crippen molar-refractivity contribution >= 4 is 16.1 Å². The maximum atomic E-state index is 12.9. The van der Waals surface area contributed by atoms with E-state index in [0.717, 1.165) is 51.5 Å². The highest BCUT2D eigenvalue weighted by atomic mass is 32.2. The van der Waals surface area contributed by atoms with Crippen LogP contribution in [0, 0.1) is 23.2 Å². The van der Waals surface area contributed by atoms with Crippen molar-refractivity contribution in [1.29, 1.82) is 5.26 Å². The smallest absolute Gasteiger partial charge is 0.320 e. The van der Waals surface area contributed by atoms with Gasteiger partial charge in [-0.2, -0.15) is 5.26 Å². The third-order valence-corrected chi connectivity index (χ3v) is 9.57. The molecular formula is C20H32N4O3S. The van der Waals surface area contributed by atoms with Gasteiger partial charge in [0.2, 0.25) is 10.0 Å². The molecule has 1 aliphatic heterocycles. The van der Waals surface area contributed by atoms with Gasteiger partial charge in [-0.3, -0.25) is 0 Å². The zero-order chi connectivity index (χ0) is 20.1. The zero-order valence-corrected chi connectivity index (χ0v) is 17.7. The Bertz CT molecular complexity index is 765. The molecule has 1 heterocycles. The third-order valence-electron chi connectivity index (χ3n) is 7.49. The van der Waals surface area contributed by atoms with Crippen molar-refractivity contribution < 1.29 is 13.2 Å². The first kappa shape index (κ1) is 20.0. The Morgan fingerprint density at radius 3 is 2.43 bits per heavy atom. The lowest BCUT2D eigenvalue weighted by atomic mass is 9.82. The molecule has 1 N–H and O–H groups in total. The van der Waals surface area contributed by atoms with Gasteiger partial charge in [-0.25, -0.2) is 17.9 Å². The number of amides is 2. The summed E-state index contributed by atoms with van der Waals surface area (Å²) in [5.41, 5.74) is -0.249. The van der Waals surface area contributed by atoms with Crippen LogP contribution in [0.3, 0.4) is 0 Å². The van der Waals surface area contributed by atoms with Gasteiger partial charge in [0, 0.05) is 25.0 Å². The number of urea groups is 1. The molecule has 4 rings (SSSR count). The number of hydrogen-bond donors (Lipinski definition) is 1. The van der Waals surface area contributed by atoms with Crippen molar-refractivity contribution in [3.05, 3.63) is 0 Å². The molecule has 4 fully saturated rings. The van der Waals surface area contributed by atoms with E-state index in [4.69, 9.17) is 5.26 Å². The van der Waals surface area contributed by atoms with E-state index in [1.54, 1.807) is 4.90 Å². The van der Waals surface area contributed by atoms with Crippen LogP contribution in [0.1, 0.15) is 64.7 Å². The van der Waals surface area contributed by atoms with Gasteiger partial charge in [-0.15, -0.1) is 0 Å². The first-order valence-electron chi connectivity index (χ1n) is 10.7. The molecule has 8 heteroatoms. The van der Waals surface area contributed by atoms with Crippen LogP contribution >= 0.6 is 0 Å². The van der Waals surface area contributed by atoms with Gasteiger partial charge >= 0.3 is 6.03 Å². The molecule has 156 valence electrons. The molecule has 2 amide bonds. The SMILES string of the molecule is CN1C(=O)N(CC2CCC(C#N)CC2)C2CCC(S(=O)(=O)NC3(C)CC3)CC21. The van der Waals surface area contributed by atoms with Crippen molar-refractivity contribution in [2.45, 2.75) is 87.6 Å². The summed E-state index contributed by atoms with van der Waals surface area (Å²) in [5.74, 6) is 0.626. The van der Waals surface area contributed by atoms with Crippen LogP contribution in [-0.2, 0) is 10.0 Å². The predicted molar refractivity (Wildman–Crippen MR) is 106 cm³/mol. The second kappa shape index (κ2) is 7.17. The molecule has 3 unspecified atom stereocenters. The zero-order valence-electron chi connectivity index (χ0n) is 16.9. The monoisotopic (exact) mass is 408 g/mol. The summed E-state index contributed by atoms with van der Waals surface area (Å²) >= 11 is 0. The summed E-state index contributed by atoms with van der Waals surface area (Å²) in [4.78, 5) is 16.7. The van der Waals surface area contributed by atoms with Crippen molar-refractivity contribution in [3.8, 4) is 6.07 Å². The second-order valence-corrected chi connectivity index (χ2v) is 11.6. The lowest BCUT2D eigenvalue weighted by Gasteiger charge is -2.37. The number of hydrogen-bond acceptors (Lipinski definition) is 4. The van der Waals surface area contributed by atoms with Crippen molar-refractivity contribution in [1.82, 2.24) is 14.5 Å². The first-order valence-corrected chi connectivity index (χ1v) is 12.2. The third kappa shape index (κ3) is 3.76. The summed E-state index contributed by atoms with van der Waals surface area (Å²) < 4.78 is 28.5. The maximum absolute atomic E-state index is 12.9. The summed E-state index contributed by atoms with van der Waals surface area (Å²) in [7, 11) is -1.53. The number of rotatable bonds is 5. The Labute approximate surface area is 168 Å². The molecule has 0 radical (unpaired) electrons. The van der Waals surface area contributed by atoms with Gasteiger partial charge < -0.3 is 9.80 Å². The van der Waals surface area contributed by atoms with E-state index in [1.165, 1.54) is 0 Å². The fraction of sp³-hybridized carbons (Fsp3) is 0.900. The van der Waals surface area contributed by atoms with E-state index < -0.39 is 15.3 Å². The fourth-order valence-electron chi connectivity index (χ4n) is 5.32. The lowest BCUT2D eigenvalue weighted by molar-refractivity contribution is 0.160. The lowest BCUT2D eigenvalue weighted by Crippen LogP contribution is -2.50. The second-order valence-electron chi connectivity index (χ2n) is 9.67. The van der Waals surface area contributed by atoms with Gasteiger partial charge in [-0.1, -0.05) is 0 Å². The van der Waals surface area contributed by atoms with Crippen molar-refractivity contribution in [2.24, 2.45) is 11.8 Å². The van der Waals surface area contributed by atoms with E-state index in [1.807, 2.05) is 18.9 Å². The van der Waals surface area contributed by atoms with Gasteiger partial charge in [0.1, 0.15) is 0 Å². The minimum absolute atomic E-state index is 0.0229. The Morgan fingerprint density at radius 1 is 1.14 bits per heavy atom. The molecule has 0 bridgehead atoms. The van der Waals surface area contributed by atoms with Gasteiger partial charge in [0.05, 0.1) is 23.4 Å². The normalized spacial score (nSPS) is 37.5. The molecule has 3 atom stereocenters. The first-order chi connectivity index (χ1) is 13.2. The Hall–Kier alpha value is -1.33. The highest BCUT2D eigenvalue weighted by molar-refractivity contribution is 7.90. The number of sulfonamides is 1. The molecule has 0 aromatic heterocycles. The average Bonchev–Trinajstić information content (AvgIpc) is 3.35. The number of likely N-dealkylation sites (N-methyl/N-ethyl adjacent to an activating group) is 1. The van der Waals surface area contributed by atoms with Crippen LogP contribution in [0.2, 0.25) is 0 Å². The molecule has 0 aromatic carbocycles. The number of fused-ring (bicyclic) bond motifs is 1. The maximum Gasteiger partial charge on any atom is 0.320 e. The van der Waals surface area contributed by atoms with Crippen LogP contribution in [0.25, 0.3) is 0 Å². The molecule has 0 aromatic rings. The Balaban J connectivity index is 1.40. The summed E-state index contributed by atoms with van der Waals surface area (Å²) in [6.45, 7) is 2.71. The molecule has 4 aliphatic rings. The molecule has 7 nitrogen and oxygen atoms in total. The van der Waals surface area contributed by atoms with E-state index in [2.05, 4.69) is 10.8 Å². The van der Waals surface area contributed by atoms with E-state index in [0.29, 0.717) is 18.8 Å². The number of carbonyl (C=O) groups excluding carboxylic acids is 1. The highest BCUT2D eigenvalue weighted by Gasteiger charge is 2.51. The minimum Gasteiger partial charge on any atom is -0.323 e. The number of carbonyl (C=O) groups is 1. The van der Waals surface area contributed by atoms with E-state index in [9.17, 15) is 13.2 Å². The molecule has 28 heavy (non-hydrogen) atoms. The number of nitrogens with one attached hydrogen (secondary N) is 1. The molecule has 3 saturated carbocycles. The molecule has 0 spiro atoms. The van der Waals surface area contributed by atoms with Crippen LogP contribution in [0.15, 0.2) is 0 Å². The van der Waals surface area contributed by atoms with Gasteiger partial charge in [-0.05, 0) is 70.6 Å². The topological polar surface area (TPSA) is 93.5 Å². The Kier molecular flexibility index (Phi) is 5.11. The quantitative estimate of drug-likeness (QED) is 0.756. The number of nitriles is 1. The van der Waals surface area contributed by atoms with Gasteiger partial charge in [0.15, 0.2) is 0 Å². The standard InChI is InChI=1S/C20H32N4O3S/c1-20(9-10-20)22-28(26,27)16-7-8-17-18(11-16)23(2)19(25)24(17)13-15-5-3-14(12-21)4-6-15/h14-18,22H,3-11,13H2,1-2H3. The van der Waals surface area contributed by atoms with Crippen LogP contribution in [0.4, 0.5) is 4.79 Å². The predicted octanol–water partition coefficient (Wildman–Crippen LogP) is 2.45. The van der Waals surface area contributed by atoms with Crippen LogP contribution in [0.5, 0.6) is 0 Å². The van der Waals surface area contributed by atoms with Crippen molar-refractivity contribution in [3.63, 3.8) is 0 Å². The average molecular weight is 409 g/mol. The van der Waals surface area contributed by atoms with Crippen LogP contribution < -0.4 is 4.72 Å². The van der Waals surface area contributed by atoms with E-state index in [-0.39, 0.29) is 29.6 Å². The molecule has 1 saturated heterocycles. The van der Waals surface area contributed by atoms with Crippen LogP contribution in [-0.4, -0.2) is 60.7 Å². The molecular weight excluding hydrogens is 376 g/mol. The number of nitrogens with zero attached hydrogens (tertiary/aromatic N) is 3. The minimum atomic E-state index is -3.35. The summed E-state index contributed by atoms with van der Waals surface area (Å²) in [6.07, 6.45) is 7.56. The van der Waals surface area contributed by atoms with Gasteiger partial charge in [0.25, 0.3) is 0 Å². The van der Waals surface area contributed by atoms with E-state index >= 15 is 0 Å². The largest absolute Gasteiger partial charge is 0.323 e. The fourth-order valence-corrected chi connectivity index (χ4v) is 7.28. The van der Waals surface area contributed by atoms with Crippen molar-refractivity contribution in [2.75, 3.05) is 13.6 Å². The highest BCUT2D eigenvalue weighted by Crippen LogP contribution is 2.40. The molecule has 3 aliphatic carbocycles. The summed E-state index contributed by atoms with van der Waals surface area (Å²) in [5, 5.41) is 8.67. The summed E-state index contributed by atoms with van der Waals surface area (Å²) in [6, 6.07) is 2.50. The Morgan fingerprint density at radius 2 is 1.82 bits per heavy atom.